The number of aromatic carboxylic acids is 1. The summed E-state index contributed by atoms with van der Waals surface area (Å²) >= 11 is 3.10. The van der Waals surface area contributed by atoms with Crippen LogP contribution in [-0.2, 0) is 6.54 Å². The van der Waals surface area contributed by atoms with Gasteiger partial charge < -0.3 is 9.67 Å². The standard InChI is InChI=1S/C33H30N4O2S2/c1-19-31(40-20(2)35-19)26-11-8-23-16-24(9-10-25(23)36-26)30-29(22-6-4-3-5-7-22)32-27(17-28(41-32)33(38)39)37(30)18-21-12-14-34-15-13-21/h8-17,22H,3-7,18H2,1-2H3,(H,38,39). The predicted octanol–water partition coefficient (Wildman–Crippen LogP) is 8.85. The van der Waals surface area contributed by atoms with Gasteiger partial charge in [0, 0.05) is 24.3 Å². The van der Waals surface area contributed by atoms with Gasteiger partial charge in [0.25, 0.3) is 0 Å². The fraction of sp³-hybridized carbons (Fsp3) is 0.273. The Hall–Kier alpha value is -3.88. The van der Waals surface area contributed by atoms with Crippen molar-refractivity contribution in [3.8, 4) is 21.8 Å². The van der Waals surface area contributed by atoms with Crippen molar-refractivity contribution in [3.63, 3.8) is 0 Å². The van der Waals surface area contributed by atoms with Crippen molar-refractivity contribution in [3.05, 3.63) is 87.6 Å². The topological polar surface area (TPSA) is 80.9 Å². The van der Waals surface area contributed by atoms with E-state index < -0.39 is 5.97 Å². The lowest BCUT2D eigenvalue weighted by Crippen LogP contribution is -2.08. The third kappa shape index (κ3) is 4.75. The van der Waals surface area contributed by atoms with Gasteiger partial charge in [0.15, 0.2) is 0 Å². The number of carboxylic acid groups (broad SMARTS) is 1. The molecule has 5 aromatic heterocycles. The second kappa shape index (κ2) is 10.5. The van der Waals surface area contributed by atoms with Crippen LogP contribution in [0.4, 0.5) is 0 Å². The average molecular weight is 579 g/mol. The Morgan fingerprint density at radius 2 is 1.78 bits per heavy atom. The highest BCUT2D eigenvalue weighted by Gasteiger charge is 2.29. The summed E-state index contributed by atoms with van der Waals surface area (Å²) in [6, 6.07) is 16.8. The zero-order chi connectivity index (χ0) is 28.1. The van der Waals surface area contributed by atoms with Gasteiger partial charge in [-0.05, 0) is 85.7 Å². The fourth-order valence-corrected chi connectivity index (χ4v) is 8.35. The minimum Gasteiger partial charge on any atom is -0.477 e. The second-order valence-corrected chi connectivity index (χ2v) is 13.2. The number of benzene rings is 1. The van der Waals surface area contributed by atoms with Crippen molar-refractivity contribution >= 4 is 49.8 Å². The Bertz CT molecular complexity index is 1910. The van der Waals surface area contributed by atoms with E-state index in [1.54, 1.807) is 11.3 Å². The van der Waals surface area contributed by atoms with E-state index in [9.17, 15) is 9.90 Å². The zero-order valence-electron chi connectivity index (χ0n) is 23.1. The number of hydrogen-bond donors (Lipinski definition) is 1. The highest BCUT2D eigenvalue weighted by molar-refractivity contribution is 7.21. The largest absolute Gasteiger partial charge is 0.477 e. The molecule has 0 spiro atoms. The Morgan fingerprint density at radius 3 is 2.51 bits per heavy atom. The third-order valence-electron chi connectivity index (χ3n) is 8.19. The van der Waals surface area contributed by atoms with Crippen molar-refractivity contribution in [2.75, 3.05) is 0 Å². The first-order valence-electron chi connectivity index (χ1n) is 14.1. The van der Waals surface area contributed by atoms with Crippen LogP contribution in [0.2, 0.25) is 0 Å². The molecule has 0 bridgehead atoms. The number of carboxylic acids is 1. The molecule has 1 aromatic carbocycles. The number of thiophene rings is 1. The smallest absolute Gasteiger partial charge is 0.345 e. The lowest BCUT2D eigenvalue weighted by molar-refractivity contribution is 0.0702. The SMILES string of the molecule is Cc1nc(C)c(-c2ccc3cc(-c4c(C5CCCCC5)c5sc(C(=O)O)cc5n4Cc4ccncc4)ccc3n2)s1. The van der Waals surface area contributed by atoms with E-state index in [-0.39, 0.29) is 0 Å². The van der Waals surface area contributed by atoms with Crippen molar-refractivity contribution < 1.29 is 9.90 Å². The molecule has 0 atom stereocenters. The quantitative estimate of drug-likeness (QED) is 0.213. The van der Waals surface area contributed by atoms with E-state index in [1.165, 1.54) is 41.9 Å². The van der Waals surface area contributed by atoms with Crippen molar-refractivity contribution in [1.82, 2.24) is 19.5 Å². The molecule has 1 saturated carbocycles. The molecular weight excluding hydrogens is 549 g/mol. The molecule has 6 aromatic rings. The van der Waals surface area contributed by atoms with Gasteiger partial charge in [-0.25, -0.2) is 14.8 Å². The Kier molecular flexibility index (Phi) is 6.67. The number of aromatic nitrogens is 4. The van der Waals surface area contributed by atoms with Crippen LogP contribution in [0.1, 0.15) is 69.5 Å². The molecule has 206 valence electrons. The van der Waals surface area contributed by atoms with Crippen LogP contribution >= 0.6 is 22.7 Å². The van der Waals surface area contributed by atoms with Crippen LogP contribution < -0.4 is 0 Å². The molecule has 8 heteroatoms. The van der Waals surface area contributed by atoms with Crippen LogP contribution in [0, 0.1) is 13.8 Å². The number of fused-ring (bicyclic) bond motifs is 2. The zero-order valence-corrected chi connectivity index (χ0v) is 24.7. The van der Waals surface area contributed by atoms with Crippen LogP contribution in [0.15, 0.2) is 60.9 Å². The number of rotatable bonds is 6. The molecule has 1 aliphatic carbocycles. The summed E-state index contributed by atoms with van der Waals surface area (Å²) in [7, 11) is 0. The number of aryl methyl sites for hydroxylation is 2. The monoisotopic (exact) mass is 578 g/mol. The molecule has 1 fully saturated rings. The summed E-state index contributed by atoms with van der Waals surface area (Å²) in [6.45, 7) is 4.72. The lowest BCUT2D eigenvalue weighted by atomic mass is 9.83. The Morgan fingerprint density at radius 1 is 0.976 bits per heavy atom. The average Bonchev–Trinajstić information content (AvgIpc) is 3.65. The molecule has 7 rings (SSSR count). The highest BCUT2D eigenvalue weighted by atomic mass is 32.1. The molecule has 0 unspecified atom stereocenters. The van der Waals surface area contributed by atoms with Gasteiger partial charge in [0.1, 0.15) is 4.88 Å². The number of carbonyl (C=O) groups is 1. The van der Waals surface area contributed by atoms with Gasteiger partial charge in [0.05, 0.1) is 42.7 Å². The van der Waals surface area contributed by atoms with E-state index in [0.29, 0.717) is 17.3 Å². The molecule has 5 heterocycles. The maximum atomic E-state index is 12.1. The number of hydrogen-bond acceptors (Lipinski definition) is 6. The summed E-state index contributed by atoms with van der Waals surface area (Å²) in [5.41, 5.74) is 8.73. The van der Waals surface area contributed by atoms with Crippen molar-refractivity contribution in [1.29, 1.82) is 0 Å². The Labute approximate surface area is 246 Å². The third-order valence-corrected chi connectivity index (χ3v) is 10.4. The van der Waals surface area contributed by atoms with Crippen LogP contribution in [-0.4, -0.2) is 30.6 Å². The summed E-state index contributed by atoms with van der Waals surface area (Å²) in [4.78, 5) is 27.4. The lowest BCUT2D eigenvalue weighted by Gasteiger charge is -2.24. The summed E-state index contributed by atoms with van der Waals surface area (Å²) < 4.78 is 3.45. The molecule has 41 heavy (non-hydrogen) atoms. The first-order valence-corrected chi connectivity index (χ1v) is 15.7. The van der Waals surface area contributed by atoms with Gasteiger partial charge in [-0.1, -0.05) is 31.4 Å². The molecule has 1 aliphatic rings. The molecule has 0 amide bonds. The van der Waals surface area contributed by atoms with E-state index in [0.717, 1.165) is 66.4 Å². The first kappa shape index (κ1) is 26.0. The van der Waals surface area contributed by atoms with Crippen LogP contribution in [0.5, 0.6) is 0 Å². The fourth-order valence-electron chi connectivity index (χ4n) is 6.34. The van der Waals surface area contributed by atoms with Crippen molar-refractivity contribution in [2.45, 2.75) is 58.4 Å². The highest BCUT2D eigenvalue weighted by Crippen LogP contribution is 2.47. The Balaban J connectivity index is 1.43. The molecule has 0 aliphatic heterocycles. The maximum Gasteiger partial charge on any atom is 0.345 e. The normalized spacial score (nSPS) is 14.3. The van der Waals surface area contributed by atoms with E-state index >= 15 is 0 Å². The first-order chi connectivity index (χ1) is 20.0. The van der Waals surface area contributed by atoms with Gasteiger partial charge in [-0.15, -0.1) is 22.7 Å². The molecule has 0 saturated heterocycles. The number of thiazole rings is 1. The molecule has 0 radical (unpaired) electrons. The van der Waals surface area contributed by atoms with Crippen LogP contribution in [0.3, 0.4) is 0 Å². The second-order valence-electron chi connectivity index (χ2n) is 10.9. The van der Waals surface area contributed by atoms with E-state index in [2.05, 4.69) is 44.9 Å². The van der Waals surface area contributed by atoms with Gasteiger partial charge in [-0.2, -0.15) is 0 Å². The number of pyridine rings is 2. The minimum atomic E-state index is -0.864. The van der Waals surface area contributed by atoms with Gasteiger partial charge in [0.2, 0.25) is 0 Å². The van der Waals surface area contributed by atoms with Gasteiger partial charge >= 0.3 is 5.97 Å². The minimum absolute atomic E-state index is 0.394. The van der Waals surface area contributed by atoms with Crippen molar-refractivity contribution in [2.24, 2.45) is 0 Å². The summed E-state index contributed by atoms with van der Waals surface area (Å²) in [5, 5.41) is 12.0. The predicted molar refractivity (Wildman–Crippen MR) is 167 cm³/mol. The maximum absolute atomic E-state index is 12.1. The molecule has 1 N–H and O–H groups in total. The molecule has 6 nitrogen and oxygen atoms in total. The summed E-state index contributed by atoms with van der Waals surface area (Å²) in [6.07, 6.45) is 9.58. The molecular formula is C33H30N4O2S2. The van der Waals surface area contributed by atoms with Gasteiger partial charge in [-0.3, -0.25) is 4.98 Å². The van der Waals surface area contributed by atoms with Crippen LogP contribution in [0.25, 0.3) is 42.9 Å². The number of nitrogens with zero attached hydrogens (tertiary/aromatic N) is 4. The van der Waals surface area contributed by atoms with E-state index in [1.807, 2.05) is 44.4 Å². The van der Waals surface area contributed by atoms with E-state index in [4.69, 9.17) is 4.98 Å². The summed E-state index contributed by atoms with van der Waals surface area (Å²) in [5.74, 6) is -0.453.